The average molecular weight is 138 g/mol. The molecule has 2 heterocycles. The molecule has 0 unspecified atom stereocenters. The fraction of sp³-hybridized carbons (Fsp3) is 0. The van der Waals surface area contributed by atoms with E-state index in [9.17, 15) is 0 Å². The first-order valence-corrected chi connectivity index (χ1v) is 2.78. The zero-order chi connectivity index (χ0) is 6.27. The lowest BCUT2D eigenvalue weighted by Gasteiger charge is -1.85. The van der Waals surface area contributed by atoms with Crippen LogP contribution in [0.1, 0.15) is 0 Å². The third-order valence-electron chi connectivity index (χ3n) is 1.05. The van der Waals surface area contributed by atoms with Gasteiger partial charge < -0.3 is 0 Å². The Hall–Kier alpha value is -1.10. The van der Waals surface area contributed by atoms with Crippen LogP contribution in [0, 0.1) is 0 Å². The molecule has 9 heavy (non-hydrogen) atoms. The highest BCUT2D eigenvalue weighted by atomic mass is 32.1. The van der Waals surface area contributed by atoms with Gasteiger partial charge >= 0.3 is 0 Å². The molecule has 5 heteroatoms. The first-order chi connectivity index (χ1) is 4.38. The van der Waals surface area contributed by atoms with Crippen LogP contribution in [0.2, 0.25) is 0 Å². The Morgan fingerprint density at radius 1 is 1.44 bits per heavy atom. The van der Waals surface area contributed by atoms with Gasteiger partial charge in [-0.05, 0) is 12.2 Å². The number of aromatic nitrogens is 2. The molecule has 1 aromatic heterocycles. The van der Waals surface area contributed by atoms with Gasteiger partial charge in [0.05, 0.1) is 0 Å². The van der Waals surface area contributed by atoms with Gasteiger partial charge in [-0.2, -0.15) is 0 Å². The van der Waals surface area contributed by atoms with E-state index in [1.807, 2.05) is 0 Å². The first-order valence-electron chi connectivity index (χ1n) is 2.37. The number of rotatable bonds is 0. The second-order valence-corrected chi connectivity index (χ2v) is 1.94. The fourth-order valence-electron chi connectivity index (χ4n) is 0.655. The standard InChI is InChI=1S/C4H2N4S/c9-4-7-6-3-5-1-2-8(3)4/h1-2H. The summed E-state index contributed by atoms with van der Waals surface area (Å²) in [5.74, 6) is 0.569. The molecule has 0 bridgehead atoms. The van der Waals surface area contributed by atoms with Crippen LogP contribution < -0.4 is 0 Å². The highest BCUT2D eigenvalue weighted by Crippen LogP contribution is 2.15. The number of imidazole rings is 1. The maximum Gasteiger partial charge on any atom is 0.256 e. The van der Waals surface area contributed by atoms with E-state index in [-0.39, 0.29) is 0 Å². The Morgan fingerprint density at radius 3 is 3.11 bits per heavy atom. The summed E-state index contributed by atoms with van der Waals surface area (Å²) in [5, 5.41) is 7.76. The SMILES string of the molecule is S=C1N=Nc2nccn21. The molecule has 0 N–H and O–H groups in total. The fourth-order valence-corrected chi connectivity index (χ4v) is 0.838. The van der Waals surface area contributed by atoms with Crippen LogP contribution in [0.15, 0.2) is 22.6 Å². The topological polar surface area (TPSA) is 42.5 Å². The molecule has 0 amide bonds. The zero-order valence-electron chi connectivity index (χ0n) is 4.35. The summed E-state index contributed by atoms with van der Waals surface area (Å²) in [6, 6.07) is 0. The van der Waals surface area contributed by atoms with Gasteiger partial charge in [-0.25, -0.2) is 4.98 Å². The van der Waals surface area contributed by atoms with Gasteiger partial charge in [0.25, 0.3) is 5.95 Å². The van der Waals surface area contributed by atoms with Crippen LogP contribution in [0.4, 0.5) is 5.95 Å². The van der Waals surface area contributed by atoms with Crippen LogP contribution >= 0.6 is 12.2 Å². The minimum atomic E-state index is 0.461. The minimum Gasteiger partial charge on any atom is -0.256 e. The summed E-state index contributed by atoms with van der Waals surface area (Å²) in [5.41, 5.74) is 0. The number of hydrogen-bond donors (Lipinski definition) is 0. The van der Waals surface area contributed by atoms with Crippen molar-refractivity contribution in [2.75, 3.05) is 0 Å². The van der Waals surface area contributed by atoms with Crippen molar-refractivity contribution in [3.8, 4) is 0 Å². The quantitative estimate of drug-likeness (QED) is 0.504. The normalized spacial score (nSPS) is 14.4. The molecule has 0 saturated heterocycles. The Kier molecular flexibility index (Phi) is 0.762. The Labute approximate surface area is 56.2 Å². The molecule has 1 aromatic rings. The zero-order valence-corrected chi connectivity index (χ0v) is 5.17. The second-order valence-electron chi connectivity index (χ2n) is 1.58. The Bertz CT molecular complexity index is 287. The summed E-state index contributed by atoms with van der Waals surface area (Å²) in [4.78, 5) is 3.86. The van der Waals surface area contributed by atoms with Crippen molar-refractivity contribution in [2.24, 2.45) is 10.2 Å². The summed E-state index contributed by atoms with van der Waals surface area (Å²) < 4.78 is 1.65. The minimum absolute atomic E-state index is 0.461. The summed E-state index contributed by atoms with van der Waals surface area (Å²) in [6.45, 7) is 0. The molecule has 0 fully saturated rings. The molecule has 1 aliphatic heterocycles. The molecule has 0 radical (unpaired) electrons. The third kappa shape index (κ3) is 0.517. The summed E-state index contributed by atoms with van der Waals surface area (Å²) in [7, 11) is 0. The van der Waals surface area contributed by atoms with E-state index in [4.69, 9.17) is 12.2 Å². The number of azo groups is 1. The lowest BCUT2D eigenvalue weighted by Crippen LogP contribution is -1.96. The summed E-state index contributed by atoms with van der Waals surface area (Å²) in [6.07, 6.45) is 3.37. The smallest absolute Gasteiger partial charge is 0.256 e. The first kappa shape index (κ1) is 4.75. The van der Waals surface area contributed by atoms with Crippen LogP contribution in [0.3, 0.4) is 0 Å². The molecule has 0 aliphatic carbocycles. The Balaban J connectivity index is 2.73. The van der Waals surface area contributed by atoms with Crippen molar-refractivity contribution in [1.82, 2.24) is 9.55 Å². The van der Waals surface area contributed by atoms with Gasteiger partial charge in [-0.3, -0.25) is 4.57 Å². The van der Waals surface area contributed by atoms with Crippen molar-refractivity contribution in [2.45, 2.75) is 0 Å². The van der Waals surface area contributed by atoms with Gasteiger partial charge in [0, 0.05) is 12.4 Å². The Morgan fingerprint density at radius 2 is 2.33 bits per heavy atom. The average Bonchev–Trinajstić information content (AvgIpc) is 2.35. The third-order valence-corrected chi connectivity index (χ3v) is 1.33. The van der Waals surface area contributed by atoms with Crippen molar-refractivity contribution < 1.29 is 0 Å². The lowest BCUT2D eigenvalue weighted by atomic mass is 10.9. The van der Waals surface area contributed by atoms with E-state index in [1.165, 1.54) is 0 Å². The van der Waals surface area contributed by atoms with E-state index in [2.05, 4.69) is 15.2 Å². The van der Waals surface area contributed by atoms with Crippen molar-refractivity contribution in [3.63, 3.8) is 0 Å². The molecule has 4 nitrogen and oxygen atoms in total. The predicted octanol–water partition coefficient (Wildman–Crippen LogP) is 1.11. The lowest BCUT2D eigenvalue weighted by molar-refractivity contribution is 1.17. The monoisotopic (exact) mass is 138 g/mol. The molecule has 0 aromatic carbocycles. The van der Waals surface area contributed by atoms with Gasteiger partial charge in [0.15, 0.2) is 0 Å². The maximum atomic E-state index is 4.79. The summed E-state index contributed by atoms with van der Waals surface area (Å²) >= 11 is 4.79. The predicted molar refractivity (Wildman–Crippen MR) is 34.7 cm³/mol. The van der Waals surface area contributed by atoms with E-state index in [1.54, 1.807) is 17.0 Å². The van der Waals surface area contributed by atoms with Crippen LogP contribution in [-0.4, -0.2) is 14.7 Å². The molecule has 0 saturated carbocycles. The van der Waals surface area contributed by atoms with Gasteiger partial charge in [-0.15, -0.1) is 10.2 Å². The van der Waals surface area contributed by atoms with E-state index < -0.39 is 0 Å². The van der Waals surface area contributed by atoms with Gasteiger partial charge in [0.1, 0.15) is 0 Å². The molecule has 1 aliphatic rings. The van der Waals surface area contributed by atoms with E-state index >= 15 is 0 Å². The van der Waals surface area contributed by atoms with Gasteiger partial charge in [-0.1, -0.05) is 0 Å². The van der Waals surface area contributed by atoms with Crippen LogP contribution in [0.25, 0.3) is 0 Å². The van der Waals surface area contributed by atoms with Crippen LogP contribution in [-0.2, 0) is 0 Å². The van der Waals surface area contributed by atoms with Crippen molar-refractivity contribution in [1.29, 1.82) is 0 Å². The highest BCUT2D eigenvalue weighted by Gasteiger charge is 2.10. The molecular weight excluding hydrogens is 136 g/mol. The number of hydrogen-bond acceptors (Lipinski definition) is 3. The van der Waals surface area contributed by atoms with E-state index in [0.29, 0.717) is 11.1 Å². The highest BCUT2D eigenvalue weighted by molar-refractivity contribution is 7.80. The number of fused-ring (bicyclic) bond motifs is 1. The molecule has 44 valence electrons. The number of nitrogens with zero attached hydrogens (tertiary/aromatic N) is 4. The number of thiocarbonyl (C=S) groups is 1. The van der Waals surface area contributed by atoms with Crippen LogP contribution in [0.5, 0.6) is 0 Å². The van der Waals surface area contributed by atoms with Gasteiger partial charge in [0.2, 0.25) is 5.11 Å². The van der Waals surface area contributed by atoms with E-state index in [0.717, 1.165) is 0 Å². The molecule has 0 atom stereocenters. The molecule has 0 spiro atoms. The molecular formula is C4H2N4S. The largest absolute Gasteiger partial charge is 0.256 e. The molecule has 2 rings (SSSR count). The second kappa shape index (κ2) is 1.44. The van der Waals surface area contributed by atoms with Crippen molar-refractivity contribution in [3.05, 3.63) is 12.4 Å². The maximum absolute atomic E-state index is 4.79. The van der Waals surface area contributed by atoms with Crippen molar-refractivity contribution >= 4 is 23.3 Å².